The Hall–Kier alpha value is -2.47. The van der Waals surface area contributed by atoms with Crippen molar-refractivity contribution in [2.45, 2.75) is 20.3 Å². The summed E-state index contributed by atoms with van der Waals surface area (Å²) in [5, 5.41) is 6.63. The van der Waals surface area contributed by atoms with Crippen molar-refractivity contribution in [3.8, 4) is 5.82 Å². The highest BCUT2D eigenvalue weighted by molar-refractivity contribution is 7.11. The van der Waals surface area contributed by atoms with Gasteiger partial charge in [0.05, 0.1) is 18.1 Å². The second-order valence-corrected chi connectivity index (χ2v) is 6.92. The van der Waals surface area contributed by atoms with E-state index in [1.807, 2.05) is 30.8 Å². The number of hydrogen-bond donors (Lipinski definition) is 0. The summed E-state index contributed by atoms with van der Waals surface area (Å²) in [5.41, 5.74) is 3.49. The largest absolute Gasteiger partial charge is 0.351 e. The van der Waals surface area contributed by atoms with Gasteiger partial charge in [0.15, 0.2) is 5.82 Å². The van der Waals surface area contributed by atoms with E-state index in [9.17, 15) is 0 Å². The maximum atomic E-state index is 4.77. The van der Waals surface area contributed by atoms with Crippen molar-refractivity contribution in [2.75, 3.05) is 18.0 Å². The molecule has 0 fully saturated rings. The number of thiophene rings is 1. The Morgan fingerprint density at radius 1 is 1.17 bits per heavy atom. The van der Waals surface area contributed by atoms with Crippen molar-refractivity contribution >= 4 is 22.7 Å². The lowest BCUT2D eigenvalue weighted by Gasteiger charge is -2.27. The van der Waals surface area contributed by atoms with Crippen molar-refractivity contribution < 1.29 is 0 Å². The molecule has 0 amide bonds. The number of anilines is 1. The predicted octanol–water partition coefficient (Wildman–Crippen LogP) is 3.63. The van der Waals surface area contributed by atoms with Crippen LogP contribution in [0.1, 0.15) is 22.7 Å². The van der Waals surface area contributed by atoms with Gasteiger partial charge in [-0.15, -0.1) is 11.3 Å². The van der Waals surface area contributed by atoms with Gasteiger partial charge in [0.1, 0.15) is 5.82 Å². The van der Waals surface area contributed by atoms with Crippen LogP contribution >= 0.6 is 11.3 Å². The lowest BCUT2D eigenvalue weighted by atomic mass is 10.1. The van der Waals surface area contributed by atoms with Crippen LogP contribution in [0.2, 0.25) is 0 Å². The minimum Gasteiger partial charge on any atom is -0.351 e. The zero-order valence-electron chi connectivity index (χ0n) is 13.8. The highest BCUT2D eigenvalue weighted by Crippen LogP contribution is 2.27. The number of aryl methyl sites for hydroxylation is 2. The minimum atomic E-state index is 0.770. The summed E-state index contributed by atoms with van der Waals surface area (Å²) in [6, 6.07) is 6.34. The maximum Gasteiger partial charge on any atom is 0.174 e. The Morgan fingerprint density at radius 3 is 2.71 bits per heavy atom. The van der Waals surface area contributed by atoms with E-state index in [0.29, 0.717) is 0 Å². The molecule has 0 spiro atoms. The summed E-state index contributed by atoms with van der Waals surface area (Å²) in [6.45, 7) is 5.84. The fraction of sp³-hybridized carbons (Fsp3) is 0.278. The second-order valence-electron chi connectivity index (χ2n) is 5.98. The summed E-state index contributed by atoms with van der Waals surface area (Å²) >= 11 is 1.80. The van der Waals surface area contributed by atoms with E-state index in [-0.39, 0.29) is 0 Å². The molecule has 3 aromatic rings. The van der Waals surface area contributed by atoms with Gasteiger partial charge in [0.25, 0.3) is 0 Å². The molecule has 0 saturated heterocycles. The Kier molecular flexibility index (Phi) is 3.90. The van der Waals surface area contributed by atoms with Crippen LogP contribution < -0.4 is 4.90 Å². The van der Waals surface area contributed by atoms with Crippen LogP contribution in [-0.4, -0.2) is 32.8 Å². The summed E-state index contributed by atoms with van der Waals surface area (Å²) in [5.74, 6) is 1.67. The standard InChI is InChI=1S/C18H19N5S/c1-13-10-14(2)23(21-13)18-12-19-11-17(20-18)22-7-5-15(6-8-22)16-4-3-9-24-16/h3-5,9-12H,6-8H2,1-2H3. The minimum absolute atomic E-state index is 0.770. The first kappa shape index (κ1) is 15.1. The van der Waals surface area contributed by atoms with Crippen molar-refractivity contribution in [3.05, 3.63) is 58.3 Å². The first-order valence-corrected chi connectivity index (χ1v) is 8.92. The summed E-state index contributed by atoms with van der Waals surface area (Å²) in [6.07, 6.45) is 6.93. The van der Waals surface area contributed by atoms with E-state index in [1.54, 1.807) is 17.5 Å². The van der Waals surface area contributed by atoms with Gasteiger partial charge in [-0.25, -0.2) is 9.67 Å². The van der Waals surface area contributed by atoms with Gasteiger partial charge in [-0.1, -0.05) is 12.1 Å². The van der Waals surface area contributed by atoms with Gasteiger partial charge in [-0.05, 0) is 43.4 Å². The van der Waals surface area contributed by atoms with Crippen LogP contribution in [0.3, 0.4) is 0 Å². The van der Waals surface area contributed by atoms with Crippen LogP contribution in [0.15, 0.2) is 42.0 Å². The Labute approximate surface area is 145 Å². The predicted molar refractivity (Wildman–Crippen MR) is 97.8 cm³/mol. The lowest BCUT2D eigenvalue weighted by Crippen LogP contribution is -2.29. The Balaban J connectivity index is 1.58. The van der Waals surface area contributed by atoms with Crippen molar-refractivity contribution in [1.29, 1.82) is 0 Å². The van der Waals surface area contributed by atoms with Crippen molar-refractivity contribution in [1.82, 2.24) is 19.7 Å². The van der Waals surface area contributed by atoms with Gasteiger partial charge in [0, 0.05) is 23.7 Å². The van der Waals surface area contributed by atoms with Crippen LogP contribution in [0, 0.1) is 13.8 Å². The molecule has 5 nitrogen and oxygen atoms in total. The molecule has 0 saturated carbocycles. The average molecular weight is 337 g/mol. The van der Waals surface area contributed by atoms with E-state index in [4.69, 9.17) is 4.98 Å². The number of rotatable bonds is 3. The van der Waals surface area contributed by atoms with Crippen LogP contribution in [-0.2, 0) is 0 Å². The molecule has 0 N–H and O–H groups in total. The normalized spacial score (nSPS) is 14.8. The fourth-order valence-corrected chi connectivity index (χ4v) is 3.82. The Bertz CT molecular complexity index is 879. The molecule has 0 aromatic carbocycles. The molecule has 4 heterocycles. The number of hydrogen-bond acceptors (Lipinski definition) is 5. The molecule has 3 aromatic heterocycles. The highest BCUT2D eigenvalue weighted by Gasteiger charge is 2.16. The second kappa shape index (κ2) is 6.20. The van der Waals surface area contributed by atoms with Gasteiger partial charge >= 0.3 is 0 Å². The number of aromatic nitrogens is 4. The van der Waals surface area contributed by atoms with E-state index >= 15 is 0 Å². The van der Waals surface area contributed by atoms with Gasteiger partial charge in [-0.2, -0.15) is 5.10 Å². The molecular formula is C18H19N5S. The van der Waals surface area contributed by atoms with Crippen LogP contribution in [0.5, 0.6) is 0 Å². The molecule has 6 heteroatoms. The lowest BCUT2D eigenvalue weighted by molar-refractivity contribution is 0.773. The molecule has 0 unspecified atom stereocenters. The van der Waals surface area contributed by atoms with E-state index in [2.05, 4.69) is 38.6 Å². The van der Waals surface area contributed by atoms with E-state index in [1.165, 1.54) is 10.5 Å². The van der Waals surface area contributed by atoms with E-state index in [0.717, 1.165) is 42.5 Å². The van der Waals surface area contributed by atoms with Gasteiger partial charge in [-0.3, -0.25) is 4.98 Å². The average Bonchev–Trinajstić information content (AvgIpc) is 3.25. The zero-order valence-corrected chi connectivity index (χ0v) is 14.6. The quantitative estimate of drug-likeness (QED) is 0.732. The third-order valence-electron chi connectivity index (χ3n) is 4.21. The van der Waals surface area contributed by atoms with Gasteiger partial charge < -0.3 is 4.90 Å². The summed E-state index contributed by atoms with van der Waals surface area (Å²) in [4.78, 5) is 12.8. The van der Waals surface area contributed by atoms with E-state index < -0.39 is 0 Å². The van der Waals surface area contributed by atoms with Crippen molar-refractivity contribution in [3.63, 3.8) is 0 Å². The number of nitrogens with zero attached hydrogens (tertiary/aromatic N) is 5. The molecule has 24 heavy (non-hydrogen) atoms. The molecule has 4 rings (SSSR count). The van der Waals surface area contributed by atoms with Crippen LogP contribution in [0.25, 0.3) is 11.4 Å². The van der Waals surface area contributed by atoms with Crippen LogP contribution in [0.4, 0.5) is 5.82 Å². The topological polar surface area (TPSA) is 46.8 Å². The maximum absolute atomic E-state index is 4.77. The third kappa shape index (κ3) is 2.85. The SMILES string of the molecule is Cc1cc(C)n(-c2cncc(N3CC=C(c4cccs4)CC3)n2)n1. The molecule has 0 atom stereocenters. The summed E-state index contributed by atoms with van der Waals surface area (Å²) < 4.78 is 1.85. The third-order valence-corrected chi connectivity index (χ3v) is 5.15. The monoisotopic (exact) mass is 337 g/mol. The highest BCUT2D eigenvalue weighted by atomic mass is 32.1. The molecule has 0 aliphatic carbocycles. The zero-order chi connectivity index (χ0) is 16.5. The molecule has 1 aliphatic rings. The first-order valence-electron chi connectivity index (χ1n) is 8.04. The Morgan fingerprint density at radius 2 is 2.04 bits per heavy atom. The summed E-state index contributed by atoms with van der Waals surface area (Å²) in [7, 11) is 0. The molecule has 0 radical (unpaired) electrons. The van der Waals surface area contributed by atoms with Crippen molar-refractivity contribution in [2.24, 2.45) is 0 Å². The molecule has 0 bridgehead atoms. The molecule has 122 valence electrons. The first-order chi connectivity index (χ1) is 11.7. The molecule has 1 aliphatic heterocycles. The molecular weight excluding hydrogens is 318 g/mol. The fourth-order valence-electron chi connectivity index (χ4n) is 3.02. The van der Waals surface area contributed by atoms with Gasteiger partial charge in [0.2, 0.25) is 0 Å². The smallest absolute Gasteiger partial charge is 0.174 e.